The van der Waals surface area contributed by atoms with Gasteiger partial charge in [0.25, 0.3) is 0 Å². The molecular formula is C14H13Cl7O2. The number of hydrogen-bond donors (Lipinski definition) is 1. The number of alkyl halides is 5. The van der Waals surface area contributed by atoms with E-state index in [1.807, 2.05) is 19.1 Å². The van der Waals surface area contributed by atoms with Crippen molar-refractivity contribution in [2.24, 2.45) is 11.8 Å². The van der Waals surface area contributed by atoms with Crippen molar-refractivity contribution < 1.29 is 9.90 Å². The van der Waals surface area contributed by atoms with Gasteiger partial charge in [-0.05, 0) is 6.42 Å². The van der Waals surface area contributed by atoms with Crippen LogP contribution in [0.4, 0.5) is 0 Å². The highest BCUT2D eigenvalue weighted by atomic mass is 35.5. The molecule has 0 amide bonds. The largest absolute Gasteiger partial charge is 0.481 e. The second kappa shape index (κ2) is 6.61. The van der Waals surface area contributed by atoms with E-state index >= 15 is 0 Å². The van der Waals surface area contributed by atoms with Gasteiger partial charge in [-0.1, -0.05) is 65.5 Å². The lowest BCUT2D eigenvalue weighted by Crippen LogP contribution is -2.45. The Morgan fingerprint density at radius 2 is 1.65 bits per heavy atom. The first-order valence-electron chi connectivity index (χ1n) is 6.83. The van der Waals surface area contributed by atoms with Crippen LogP contribution in [0.15, 0.2) is 22.2 Å². The van der Waals surface area contributed by atoms with Gasteiger partial charge < -0.3 is 5.11 Å². The van der Waals surface area contributed by atoms with Crippen LogP contribution in [0.2, 0.25) is 0 Å². The van der Waals surface area contributed by atoms with Crippen LogP contribution in [0.5, 0.6) is 0 Å². The summed E-state index contributed by atoms with van der Waals surface area (Å²) in [4.78, 5) is 7.15. The summed E-state index contributed by atoms with van der Waals surface area (Å²) in [6, 6.07) is 0. The van der Waals surface area contributed by atoms with Crippen LogP contribution in [0.3, 0.4) is 0 Å². The molecule has 0 saturated heterocycles. The molecule has 23 heavy (non-hydrogen) atoms. The van der Waals surface area contributed by atoms with Crippen molar-refractivity contribution in [2.45, 2.75) is 39.2 Å². The second-order valence-corrected chi connectivity index (χ2v) is 9.43. The maximum absolute atomic E-state index is 9.60. The molecule has 130 valence electrons. The molecule has 1 N–H and O–H groups in total. The summed E-state index contributed by atoms with van der Waals surface area (Å²) in [5.74, 6) is -1.18. The molecule has 1 saturated carbocycles. The first-order chi connectivity index (χ1) is 10.5. The highest BCUT2D eigenvalue weighted by Crippen LogP contribution is 2.78. The average Bonchev–Trinajstić information content (AvgIpc) is 2.93. The Morgan fingerprint density at radius 3 is 2.09 bits per heavy atom. The molecule has 5 unspecified atom stereocenters. The van der Waals surface area contributed by atoms with Gasteiger partial charge in [0.05, 0.1) is 15.4 Å². The number of carboxylic acid groups (broad SMARTS) is 1. The fourth-order valence-electron chi connectivity index (χ4n) is 3.30. The predicted molar refractivity (Wildman–Crippen MR) is 98.6 cm³/mol. The summed E-state index contributed by atoms with van der Waals surface area (Å²) in [7, 11) is 0. The van der Waals surface area contributed by atoms with Gasteiger partial charge in [-0.25, -0.2) is 0 Å². The third-order valence-electron chi connectivity index (χ3n) is 4.36. The van der Waals surface area contributed by atoms with E-state index < -0.39 is 20.1 Å². The lowest BCUT2D eigenvalue weighted by atomic mass is 9.84. The Hall–Kier alpha value is 0.980. The van der Waals surface area contributed by atoms with Gasteiger partial charge in [-0.3, -0.25) is 4.79 Å². The Morgan fingerprint density at radius 1 is 1.13 bits per heavy atom. The number of carbonyl (C=O) groups is 1. The van der Waals surface area contributed by atoms with Gasteiger partial charge in [0.15, 0.2) is 4.33 Å². The molecule has 1 fully saturated rings. The molecule has 0 heterocycles. The van der Waals surface area contributed by atoms with Crippen molar-refractivity contribution in [1.82, 2.24) is 0 Å². The van der Waals surface area contributed by atoms with Crippen LogP contribution in [-0.4, -0.2) is 30.5 Å². The van der Waals surface area contributed by atoms with Gasteiger partial charge in [0, 0.05) is 18.3 Å². The van der Waals surface area contributed by atoms with Crippen molar-refractivity contribution in [3.8, 4) is 0 Å². The molecule has 0 radical (unpaired) electrons. The summed E-state index contributed by atoms with van der Waals surface area (Å²) in [5, 5.41) is 8.03. The lowest BCUT2D eigenvalue weighted by molar-refractivity contribution is -0.137. The van der Waals surface area contributed by atoms with E-state index in [9.17, 15) is 4.79 Å². The fourth-order valence-corrected chi connectivity index (χ4v) is 6.81. The zero-order valence-corrected chi connectivity index (χ0v) is 17.1. The molecule has 0 aromatic heterocycles. The monoisotopic (exact) mass is 458 g/mol. The summed E-state index contributed by atoms with van der Waals surface area (Å²) in [6.07, 6.45) is 4.72. The van der Waals surface area contributed by atoms with Crippen LogP contribution in [-0.2, 0) is 4.79 Å². The van der Waals surface area contributed by atoms with E-state index in [1.165, 1.54) is 0 Å². The van der Waals surface area contributed by atoms with Gasteiger partial charge in [-0.2, -0.15) is 0 Å². The summed E-state index contributed by atoms with van der Waals surface area (Å²) in [6.45, 7) is 1.84. The Labute approximate surface area is 169 Å². The third kappa shape index (κ3) is 2.55. The van der Waals surface area contributed by atoms with E-state index in [4.69, 9.17) is 86.3 Å². The van der Waals surface area contributed by atoms with E-state index in [2.05, 4.69) is 0 Å². The predicted octanol–water partition coefficient (Wildman–Crippen LogP) is 6.11. The normalized spacial score (nSPS) is 42.5. The number of fused-ring (bicyclic) bond motifs is 5. The number of carboxylic acids is 1. The zero-order valence-electron chi connectivity index (χ0n) is 11.8. The highest BCUT2D eigenvalue weighted by Gasteiger charge is 2.83. The number of halogens is 7. The Kier molecular flexibility index (Phi) is 5.83. The summed E-state index contributed by atoms with van der Waals surface area (Å²) < 4.78 is -1.48. The minimum Gasteiger partial charge on any atom is -0.481 e. The first-order valence-corrected chi connectivity index (χ1v) is 9.54. The molecular weight excluding hydrogens is 448 g/mol. The SMILES string of the molecule is CCCC(=O)O.ClC1=C(Cl)C2(Cl)C3C(Cl)C=CC3C1(Cl)C2(Cl)Cl. The van der Waals surface area contributed by atoms with E-state index in [0.29, 0.717) is 6.42 Å². The van der Waals surface area contributed by atoms with Crippen molar-refractivity contribution in [3.05, 3.63) is 22.2 Å². The molecule has 3 aliphatic rings. The van der Waals surface area contributed by atoms with Crippen LogP contribution >= 0.6 is 81.2 Å². The summed E-state index contributed by atoms with van der Waals surface area (Å²) in [5.41, 5.74) is 0. The Balaban J connectivity index is 0.000000277. The molecule has 2 bridgehead atoms. The molecule has 5 atom stereocenters. The lowest BCUT2D eigenvalue weighted by Gasteiger charge is -2.34. The Bertz CT molecular complexity index is 588. The molecule has 9 heteroatoms. The minimum absolute atomic E-state index is 0.205. The van der Waals surface area contributed by atoms with Crippen LogP contribution < -0.4 is 0 Å². The average molecular weight is 461 g/mol. The molecule has 0 spiro atoms. The van der Waals surface area contributed by atoms with Crippen LogP contribution in [0, 0.1) is 11.8 Å². The molecule has 0 aromatic rings. The third-order valence-corrected chi connectivity index (χ3v) is 9.07. The molecule has 2 nitrogen and oxygen atoms in total. The first kappa shape index (κ1) is 20.3. The maximum atomic E-state index is 9.60. The smallest absolute Gasteiger partial charge is 0.303 e. The number of aliphatic carboxylic acids is 1. The fraction of sp³-hybridized carbons (Fsp3) is 0.643. The minimum atomic E-state index is -1.48. The van der Waals surface area contributed by atoms with Gasteiger partial charge >= 0.3 is 5.97 Å². The van der Waals surface area contributed by atoms with E-state index in [-0.39, 0.29) is 27.3 Å². The number of allylic oxidation sites excluding steroid dienone is 4. The van der Waals surface area contributed by atoms with Crippen molar-refractivity contribution >= 4 is 87.2 Å². The number of rotatable bonds is 2. The van der Waals surface area contributed by atoms with E-state index in [1.54, 1.807) is 0 Å². The van der Waals surface area contributed by atoms with Crippen molar-refractivity contribution in [2.75, 3.05) is 0 Å². The quantitative estimate of drug-likeness (QED) is 0.398. The van der Waals surface area contributed by atoms with Gasteiger partial charge in [0.2, 0.25) is 0 Å². The molecule has 3 rings (SSSR count). The molecule has 0 aliphatic heterocycles. The molecule has 3 aliphatic carbocycles. The van der Waals surface area contributed by atoms with Gasteiger partial charge in [-0.15, -0.1) is 34.8 Å². The topological polar surface area (TPSA) is 37.3 Å². The number of hydrogen-bond acceptors (Lipinski definition) is 1. The van der Waals surface area contributed by atoms with Crippen LogP contribution in [0.25, 0.3) is 0 Å². The summed E-state index contributed by atoms with van der Waals surface area (Å²) >= 11 is 44.5. The standard InChI is InChI=1S/C10H5Cl7.C4H8O2/c11-4-2-1-3-5(4)9(15)7(13)6(12)8(3,14)10(9,16)17;1-2-3-4(5)6/h1-5H;2-3H2,1H3,(H,5,6). The van der Waals surface area contributed by atoms with Crippen molar-refractivity contribution in [3.63, 3.8) is 0 Å². The zero-order chi connectivity index (χ0) is 17.8. The van der Waals surface area contributed by atoms with Crippen molar-refractivity contribution in [1.29, 1.82) is 0 Å². The van der Waals surface area contributed by atoms with Crippen LogP contribution in [0.1, 0.15) is 19.8 Å². The van der Waals surface area contributed by atoms with Gasteiger partial charge in [0.1, 0.15) is 9.75 Å². The molecule has 0 aromatic carbocycles. The maximum Gasteiger partial charge on any atom is 0.303 e. The highest BCUT2D eigenvalue weighted by molar-refractivity contribution is 6.66. The second-order valence-electron chi connectivity index (χ2n) is 5.65. The van der Waals surface area contributed by atoms with E-state index in [0.717, 1.165) is 6.42 Å².